The fourth-order valence-electron chi connectivity index (χ4n) is 2.10. The molecule has 0 radical (unpaired) electrons. The number of hydrogen-bond acceptors (Lipinski definition) is 5. The number of hydrogen-bond donors (Lipinski definition) is 1. The van der Waals surface area contributed by atoms with Gasteiger partial charge in [-0.1, -0.05) is 0 Å². The average molecular weight is 287 g/mol. The van der Waals surface area contributed by atoms with E-state index in [1.54, 1.807) is 21.3 Å². The molecule has 1 N–H and O–H groups in total. The van der Waals surface area contributed by atoms with Crippen LogP contribution >= 0.6 is 0 Å². The summed E-state index contributed by atoms with van der Waals surface area (Å²) >= 11 is 0. The largest absolute Gasteiger partial charge is 0.493 e. The molecule has 2 rings (SSSR count). The molecule has 6 nitrogen and oxygen atoms in total. The second-order valence-electron chi connectivity index (χ2n) is 4.41. The first kappa shape index (κ1) is 14.7. The maximum Gasteiger partial charge on any atom is 0.203 e. The Morgan fingerprint density at radius 3 is 2.24 bits per heavy atom. The van der Waals surface area contributed by atoms with Crippen LogP contribution in [-0.4, -0.2) is 31.3 Å². The molecule has 2 aromatic rings. The minimum Gasteiger partial charge on any atom is -0.493 e. The third kappa shape index (κ3) is 2.77. The van der Waals surface area contributed by atoms with E-state index in [0.717, 1.165) is 17.0 Å². The topological polar surface area (TPSA) is 80.2 Å². The van der Waals surface area contributed by atoms with Crippen molar-refractivity contribution in [2.24, 2.45) is 0 Å². The van der Waals surface area contributed by atoms with Gasteiger partial charge in [0, 0.05) is 11.3 Å². The summed E-state index contributed by atoms with van der Waals surface area (Å²) in [6.07, 6.45) is 0.271. The molecular weight excluding hydrogens is 270 g/mol. The highest BCUT2D eigenvalue weighted by Crippen LogP contribution is 2.40. The summed E-state index contributed by atoms with van der Waals surface area (Å²) in [5.41, 5.74) is 2.42. The number of nitrogens with zero attached hydrogens (tertiary/aromatic N) is 2. The Balaban J connectivity index is 2.54. The van der Waals surface area contributed by atoms with E-state index < -0.39 is 0 Å². The predicted octanol–water partition coefficient (Wildman–Crippen LogP) is 2.48. The summed E-state index contributed by atoms with van der Waals surface area (Å²) in [6.45, 7) is 1.89. The van der Waals surface area contributed by atoms with Gasteiger partial charge >= 0.3 is 0 Å². The normalized spacial score (nSPS) is 10.0. The van der Waals surface area contributed by atoms with Crippen molar-refractivity contribution < 1.29 is 14.2 Å². The number of methoxy groups -OCH3 is 3. The van der Waals surface area contributed by atoms with Gasteiger partial charge in [0.15, 0.2) is 11.5 Å². The number of aromatic nitrogens is 2. The molecule has 0 amide bonds. The van der Waals surface area contributed by atoms with Crippen molar-refractivity contribution in [3.8, 4) is 34.7 Å². The van der Waals surface area contributed by atoms with Gasteiger partial charge in [-0.2, -0.15) is 5.26 Å². The van der Waals surface area contributed by atoms with Crippen LogP contribution in [0.2, 0.25) is 0 Å². The highest BCUT2D eigenvalue weighted by Gasteiger charge is 2.16. The van der Waals surface area contributed by atoms with Crippen LogP contribution in [0.1, 0.15) is 11.4 Å². The third-order valence-electron chi connectivity index (χ3n) is 3.17. The molecule has 21 heavy (non-hydrogen) atoms. The first-order chi connectivity index (χ1) is 10.1. The summed E-state index contributed by atoms with van der Waals surface area (Å²) in [4.78, 5) is 7.62. The van der Waals surface area contributed by atoms with Crippen molar-refractivity contribution in [2.75, 3.05) is 21.3 Å². The van der Waals surface area contributed by atoms with Crippen molar-refractivity contribution in [1.82, 2.24) is 9.97 Å². The molecule has 110 valence electrons. The van der Waals surface area contributed by atoms with Crippen molar-refractivity contribution >= 4 is 0 Å². The van der Waals surface area contributed by atoms with E-state index in [-0.39, 0.29) is 6.42 Å². The van der Waals surface area contributed by atoms with Crippen LogP contribution < -0.4 is 14.2 Å². The molecule has 0 fully saturated rings. The van der Waals surface area contributed by atoms with Crippen molar-refractivity contribution in [3.63, 3.8) is 0 Å². The predicted molar refractivity (Wildman–Crippen MR) is 77.7 cm³/mol. The van der Waals surface area contributed by atoms with Gasteiger partial charge in [0.2, 0.25) is 5.75 Å². The molecule has 0 aliphatic heterocycles. The monoisotopic (exact) mass is 287 g/mol. The molecule has 0 bridgehead atoms. The van der Waals surface area contributed by atoms with Crippen molar-refractivity contribution in [2.45, 2.75) is 13.3 Å². The van der Waals surface area contributed by atoms with Gasteiger partial charge in [-0.15, -0.1) is 0 Å². The Labute approximate surface area is 123 Å². The molecule has 0 saturated heterocycles. The summed E-state index contributed by atoms with van der Waals surface area (Å²) < 4.78 is 15.9. The lowest BCUT2D eigenvalue weighted by Crippen LogP contribution is -1.96. The molecule has 0 atom stereocenters. The quantitative estimate of drug-likeness (QED) is 0.913. The first-order valence-corrected chi connectivity index (χ1v) is 6.37. The van der Waals surface area contributed by atoms with Gasteiger partial charge in [-0.3, -0.25) is 0 Å². The second kappa shape index (κ2) is 6.18. The van der Waals surface area contributed by atoms with Gasteiger partial charge in [0.25, 0.3) is 0 Å². The molecule has 0 aliphatic carbocycles. The zero-order valence-electron chi connectivity index (χ0n) is 12.5. The van der Waals surface area contributed by atoms with Crippen LogP contribution in [0.25, 0.3) is 11.4 Å². The smallest absolute Gasteiger partial charge is 0.203 e. The molecule has 1 aromatic carbocycles. The maximum atomic E-state index is 8.80. The standard InChI is InChI=1S/C15H17N3O3/c1-9-11(5-6-16)18-15(17-9)10-7-12(19-2)14(21-4)13(8-10)20-3/h7-8H,5H2,1-4H3,(H,17,18). The summed E-state index contributed by atoms with van der Waals surface area (Å²) in [7, 11) is 4.69. The van der Waals surface area contributed by atoms with Gasteiger partial charge in [0.05, 0.1) is 39.5 Å². The van der Waals surface area contributed by atoms with Crippen LogP contribution in [0.15, 0.2) is 12.1 Å². The van der Waals surface area contributed by atoms with Crippen LogP contribution in [-0.2, 0) is 6.42 Å². The van der Waals surface area contributed by atoms with Crippen LogP contribution in [0, 0.1) is 18.3 Å². The fourth-order valence-corrected chi connectivity index (χ4v) is 2.10. The van der Waals surface area contributed by atoms with Gasteiger partial charge < -0.3 is 19.2 Å². The summed E-state index contributed by atoms with van der Waals surface area (Å²) in [6, 6.07) is 5.73. The third-order valence-corrected chi connectivity index (χ3v) is 3.17. The molecule has 1 aromatic heterocycles. The highest BCUT2D eigenvalue weighted by molar-refractivity contribution is 5.67. The zero-order valence-corrected chi connectivity index (χ0v) is 12.5. The Bertz CT molecular complexity index is 661. The van der Waals surface area contributed by atoms with Crippen LogP contribution in [0.5, 0.6) is 17.2 Å². The van der Waals surface area contributed by atoms with Crippen LogP contribution in [0.3, 0.4) is 0 Å². The van der Waals surface area contributed by atoms with Gasteiger partial charge in [0.1, 0.15) is 5.82 Å². The van der Waals surface area contributed by atoms with Gasteiger partial charge in [-0.05, 0) is 19.1 Å². The number of nitriles is 1. The number of benzene rings is 1. The van der Waals surface area contributed by atoms with E-state index in [1.807, 2.05) is 19.1 Å². The Morgan fingerprint density at radius 2 is 1.76 bits per heavy atom. The van der Waals surface area contributed by atoms with Crippen molar-refractivity contribution in [1.29, 1.82) is 5.26 Å². The Hall–Kier alpha value is -2.68. The number of H-pyrrole nitrogens is 1. The van der Waals surface area contributed by atoms with E-state index >= 15 is 0 Å². The number of ether oxygens (including phenoxy) is 3. The van der Waals surface area contributed by atoms with E-state index in [9.17, 15) is 0 Å². The Kier molecular flexibility index (Phi) is 4.33. The molecule has 0 unspecified atom stereocenters. The Morgan fingerprint density at radius 1 is 1.14 bits per heavy atom. The molecule has 0 aliphatic rings. The number of imidazole rings is 1. The average Bonchev–Trinajstić information content (AvgIpc) is 2.87. The number of aryl methyl sites for hydroxylation is 1. The molecule has 0 saturated carbocycles. The molecule has 1 heterocycles. The fraction of sp³-hybridized carbons (Fsp3) is 0.333. The van der Waals surface area contributed by atoms with E-state index in [1.165, 1.54) is 0 Å². The SMILES string of the molecule is COc1cc(-c2nc(CC#N)c(C)[nH]2)cc(OC)c1OC. The number of aromatic amines is 1. The van der Waals surface area contributed by atoms with Gasteiger partial charge in [-0.25, -0.2) is 4.98 Å². The van der Waals surface area contributed by atoms with Crippen LogP contribution in [0.4, 0.5) is 0 Å². The van der Waals surface area contributed by atoms with E-state index in [0.29, 0.717) is 23.1 Å². The summed E-state index contributed by atoms with van der Waals surface area (Å²) in [5, 5.41) is 8.80. The van der Waals surface area contributed by atoms with Crippen molar-refractivity contribution in [3.05, 3.63) is 23.5 Å². The lowest BCUT2D eigenvalue weighted by Gasteiger charge is -2.13. The van der Waals surface area contributed by atoms with E-state index in [4.69, 9.17) is 19.5 Å². The zero-order chi connectivity index (χ0) is 15.4. The number of nitrogens with one attached hydrogen (secondary N) is 1. The first-order valence-electron chi connectivity index (χ1n) is 6.37. The summed E-state index contributed by atoms with van der Waals surface area (Å²) in [5.74, 6) is 2.31. The molecule has 6 heteroatoms. The lowest BCUT2D eigenvalue weighted by molar-refractivity contribution is 0.324. The second-order valence-corrected chi connectivity index (χ2v) is 4.41. The molecular formula is C15H17N3O3. The number of rotatable bonds is 5. The minimum atomic E-state index is 0.271. The molecule has 0 spiro atoms. The van der Waals surface area contributed by atoms with E-state index in [2.05, 4.69) is 16.0 Å². The lowest BCUT2D eigenvalue weighted by atomic mass is 10.1. The highest BCUT2D eigenvalue weighted by atomic mass is 16.5. The minimum absolute atomic E-state index is 0.271. The maximum absolute atomic E-state index is 8.80.